The van der Waals surface area contributed by atoms with Crippen LogP contribution in [0.4, 0.5) is 5.69 Å². The number of imide groups is 1. The Morgan fingerprint density at radius 2 is 2.05 bits per heavy atom. The van der Waals surface area contributed by atoms with Gasteiger partial charge in [0.25, 0.3) is 0 Å². The molecular weight excluding hydrogens is 352 g/mol. The number of anilines is 1. The van der Waals surface area contributed by atoms with Crippen molar-refractivity contribution in [2.45, 2.75) is 49.3 Å². The number of nitrogens with zero attached hydrogens (tertiary/aromatic N) is 1. The van der Waals surface area contributed by atoms with Gasteiger partial charge in [-0.15, -0.1) is 11.8 Å². The molecule has 1 aliphatic heterocycles. The van der Waals surface area contributed by atoms with Gasteiger partial charge in [-0.05, 0) is 31.0 Å². The number of halogens is 1. The number of nitrogens with two attached hydrogens (primary N) is 1. The van der Waals surface area contributed by atoms with Crippen LogP contribution in [0, 0.1) is 0 Å². The van der Waals surface area contributed by atoms with Crippen LogP contribution < -0.4 is 5.73 Å². The van der Waals surface area contributed by atoms with Gasteiger partial charge in [-0.1, -0.05) is 29.8 Å². The fourth-order valence-electron chi connectivity index (χ4n) is 2.53. The van der Waals surface area contributed by atoms with Crippen molar-refractivity contribution in [3.05, 3.63) is 22.7 Å². The first-order valence-electron chi connectivity index (χ1n) is 7.05. The number of amides is 2. The van der Waals surface area contributed by atoms with Crippen LogP contribution in [0.5, 0.6) is 0 Å². The Hall–Kier alpha value is -1.01. The van der Waals surface area contributed by atoms with Crippen LogP contribution in [0.15, 0.2) is 27.6 Å². The van der Waals surface area contributed by atoms with Gasteiger partial charge in [0, 0.05) is 27.5 Å². The highest BCUT2D eigenvalue weighted by atomic mass is 79.9. The van der Waals surface area contributed by atoms with Crippen molar-refractivity contribution in [2.75, 3.05) is 5.73 Å². The lowest BCUT2D eigenvalue weighted by molar-refractivity contribution is -0.141. The number of likely N-dealkylation sites (tertiary alicyclic amines) is 1. The van der Waals surface area contributed by atoms with Gasteiger partial charge in [0.1, 0.15) is 0 Å². The maximum absolute atomic E-state index is 12.5. The molecule has 21 heavy (non-hydrogen) atoms. The summed E-state index contributed by atoms with van der Waals surface area (Å²) in [7, 11) is 0. The first kappa shape index (κ1) is 16.4. The molecule has 0 saturated carbocycles. The zero-order chi connectivity index (χ0) is 15.6. The van der Waals surface area contributed by atoms with E-state index in [9.17, 15) is 9.59 Å². The maximum atomic E-state index is 12.5. The van der Waals surface area contributed by atoms with E-state index >= 15 is 0 Å². The fraction of sp³-hybridized carbons (Fsp3) is 0.467. The summed E-state index contributed by atoms with van der Waals surface area (Å²) in [6, 6.07) is 5.58. The van der Waals surface area contributed by atoms with Crippen LogP contribution in [-0.4, -0.2) is 28.0 Å². The molecule has 4 nitrogen and oxygen atoms in total. The molecule has 0 radical (unpaired) electrons. The quantitative estimate of drug-likeness (QED) is 0.636. The minimum absolute atomic E-state index is 0.0119. The van der Waals surface area contributed by atoms with E-state index in [1.807, 2.05) is 32.0 Å². The highest BCUT2D eigenvalue weighted by Gasteiger charge is 2.41. The Labute approximate surface area is 137 Å². The second kappa shape index (κ2) is 6.83. The molecule has 1 fully saturated rings. The standard InChI is InChI=1S/C15H19BrN2O2S/c1-3-10(4-2)18-14(19)8-13(15(18)20)21-12-6-5-9(16)7-11(12)17/h5-7,10,13H,3-4,8,17H2,1-2H3. The van der Waals surface area contributed by atoms with E-state index in [0.29, 0.717) is 5.69 Å². The van der Waals surface area contributed by atoms with Gasteiger partial charge in [-0.2, -0.15) is 0 Å². The van der Waals surface area contributed by atoms with E-state index in [1.54, 1.807) is 0 Å². The molecule has 2 amide bonds. The molecule has 0 bridgehead atoms. The predicted octanol–water partition coefficient (Wildman–Crippen LogP) is 3.44. The lowest BCUT2D eigenvalue weighted by Crippen LogP contribution is -2.40. The summed E-state index contributed by atoms with van der Waals surface area (Å²) in [6.45, 7) is 4.00. The van der Waals surface area contributed by atoms with Crippen LogP contribution >= 0.6 is 27.7 Å². The summed E-state index contributed by atoms with van der Waals surface area (Å²) < 4.78 is 0.900. The number of nitrogen functional groups attached to an aromatic ring is 1. The lowest BCUT2D eigenvalue weighted by atomic mass is 10.1. The third kappa shape index (κ3) is 3.43. The van der Waals surface area contributed by atoms with Crippen LogP contribution in [0.1, 0.15) is 33.1 Å². The molecule has 114 valence electrons. The van der Waals surface area contributed by atoms with Gasteiger partial charge < -0.3 is 5.73 Å². The van der Waals surface area contributed by atoms with E-state index in [2.05, 4.69) is 15.9 Å². The molecule has 1 aromatic rings. The largest absolute Gasteiger partial charge is 0.398 e. The Morgan fingerprint density at radius 1 is 1.38 bits per heavy atom. The molecule has 0 aromatic heterocycles. The van der Waals surface area contributed by atoms with Gasteiger partial charge in [-0.25, -0.2) is 0 Å². The summed E-state index contributed by atoms with van der Waals surface area (Å²) in [4.78, 5) is 26.9. The number of carbonyl (C=O) groups is 2. The van der Waals surface area contributed by atoms with Crippen molar-refractivity contribution in [3.8, 4) is 0 Å². The second-order valence-corrected chi connectivity index (χ2v) is 7.23. The van der Waals surface area contributed by atoms with E-state index in [4.69, 9.17) is 5.73 Å². The molecule has 1 heterocycles. The fourth-order valence-corrected chi connectivity index (χ4v) is 4.00. The first-order chi connectivity index (χ1) is 9.97. The zero-order valence-electron chi connectivity index (χ0n) is 12.1. The van der Waals surface area contributed by atoms with Crippen molar-refractivity contribution in [1.82, 2.24) is 4.90 Å². The Balaban J connectivity index is 2.15. The second-order valence-electron chi connectivity index (χ2n) is 5.07. The van der Waals surface area contributed by atoms with E-state index in [-0.39, 0.29) is 29.5 Å². The molecule has 1 atom stereocenters. The summed E-state index contributed by atoms with van der Waals surface area (Å²) in [5.74, 6) is -0.150. The van der Waals surface area contributed by atoms with Gasteiger partial charge in [0.2, 0.25) is 11.8 Å². The predicted molar refractivity (Wildman–Crippen MR) is 89.0 cm³/mol. The van der Waals surface area contributed by atoms with Crippen LogP contribution in [0.25, 0.3) is 0 Å². The SMILES string of the molecule is CCC(CC)N1C(=O)CC(Sc2ccc(Br)cc2N)C1=O. The smallest absolute Gasteiger partial charge is 0.243 e. The van der Waals surface area contributed by atoms with E-state index in [1.165, 1.54) is 16.7 Å². The normalized spacial score (nSPS) is 18.9. The molecule has 1 aliphatic rings. The molecule has 2 N–H and O–H groups in total. The highest BCUT2D eigenvalue weighted by Crippen LogP contribution is 2.36. The summed E-state index contributed by atoms with van der Waals surface area (Å²) in [5.41, 5.74) is 6.59. The van der Waals surface area contributed by atoms with Crippen molar-refractivity contribution in [1.29, 1.82) is 0 Å². The van der Waals surface area contributed by atoms with Gasteiger partial charge in [-0.3, -0.25) is 14.5 Å². The molecular formula is C15H19BrN2O2S. The molecule has 2 rings (SSSR count). The Kier molecular flexibility index (Phi) is 5.32. The van der Waals surface area contributed by atoms with Crippen molar-refractivity contribution < 1.29 is 9.59 Å². The summed E-state index contributed by atoms with van der Waals surface area (Å²) in [6.07, 6.45) is 1.85. The monoisotopic (exact) mass is 370 g/mol. The van der Waals surface area contributed by atoms with Gasteiger partial charge in [0.15, 0.2) is 0 Å². The minimum Gasteiger partial charge on any atom is -0.398 e. The average molecular weight is 371 g/mol. The van der Waals surface area contributed by atoms with Crippen LogP contribution in [0.2, 0.25) is 0 Å². The van der Waals surface area contributed by atoms with Crippen LogP contribution in [0.3, 0.4) is 0 Å². The van der Waals surface area contributed by atoms with Crippen molar-refractivity contribution in [2.24, 2.45) is 0 Å². The number of hydrogen-bond acceptors (Lipinski definition) is 4. The van der Waals surface area contributed by atoms with Gasteiger partial charge >= 0.3 is 0 Å². The van der Waals surface area contributed by atoms with Crippen molar-refractivity contribution >= 4 is 45.2 Å². The van der Waals surface area contributed by atoms with Crippen molar-refractivity contribution in [3.63, 3.8) is 0 Å². The molecule has 0 aliphatic carbocycles. The average Bonchev–Trinajstić information content (AvgIpc) is 2.71. The van der Waals surface area contributed by atoms with Crippen LogP contribution in [-0.2, 0) is 9.59 Å². The minimum atomic E-state index is -0.360. The number of hydrogen-bond donors (Lipinski definition) is 1. The third-order valence-corrected chi connectivity index (χ3v) is 5.46. The van der Waals surface area contributed by atoms with Gasteiger partial charge in [0.05, 0.1) is 5.25 Å². The molecule has 1 aromatic carbocycles. The summed E-state index contributed by atoms with van der Waals surface area (Å²) >= 11 is 4.74. The highest BCUT2D eigenvalue weighted by molar-refractivity contribution is 9.10. The number of carbonyl (C=O) groups excluding carboxylic acids is 2. The molecule has 1 saturated heterocycles. The number of benzene rings is 1. The molecule has 6 heteroatoms. The maximum Gasteiger partial charge on any atom is 0.243 e. The molecule has 1 unspecified atom stereocenters. The topological polar surface area (TPSA) is 63.4 Å². The summed E-state index contributed by atoms with van der Waals surface area (Å²) in [5, 5.41) is -0.360. The number of thioether (sulfide) groups is 1. The van der Waals surface area contributed by atoms with E-state index in [0.717, 1.165) is 22.2 Å². The molecule has 0 spiro atoms. The zero-order valence-corrected chi connectivity index (χ0v) is 14.5. The number of rotatable bonds is 5. The Bertz CT molecular complexity index is 561. The van der Waals surface area contributed by atoms with E-state index < -0.39 is 0 Å². The Morgan fingerprint density at radius 3 is 2.62 bits per heavy atom. The third-order valence-electron chi connectivity index (χ3n) is 3.69. The lowest BCUT2D eigenvalue weighted by Gasteiger charge is -2.24. The first-order valence-corrected chi connectivity index (χ1v) is 8.72.